The molecule has 204 valence electrons. The van der Waals surface area contributed by atoms with E-state index in [9.17, 15) is 14.7 Å². The maximum atomic E-state index is 13.0. The van der Waals surface area contributed by atoms with E-state index in [1.165, 1.54) is 57.0 Å². The Bertz CT molecular complexity index is 1980. The first-order valence-electron chi connectivity index (χ1n) is 13.8. The minimum atomic E-state index is -1.25. The van der Waals surface area contributed by atoms with Gasteiger partial charge in [-0.15, -0.1) is 0 Å². The van der Waals surface area contributed by atoms with E-state index < -0.39 is 11.9 Å². The smallest absolute Gasteiger partial charge is 0.357 e. The Balaban J connectivity index is 1.15. The third-order valence-corrected chi connectivity index (χ3v) is 7.76. The number of nitrogens with zero attached hydrogens (tertiary/aromatic N) is 4. The zero-order valence-electron chi connectivity index (χ0n) is 22.6. The van der Waals surface area contributed by atoms with Crippen molar-refractivity contribution in [1.82, 2.24) is 4.98 Å². The summed E-state index contributed by atoms with van der Waals surface area (Å²) in [7, 11) is 0. The Kier molecular flexibility index (Phi) is 6.32. The minimum absolute atomic E-state index is 0.0313. The van der Waals surface area contributed by atoms with Crippen LogP contribution in [0.3, 0.4) is 0 Å². The molecule has 3 heterocycles. The van der Waals surface area contributed by atoms with Gasteiger partial charge in [-0.3, -0.25) is 9.78 Å². The van der Waals surface area contributed by atoms with Crippen LogP contribution < -0.4 is 9.91 Å². The first-order valence-corrected chi connectivity index (χ1v) is 13.8. The van der Waals surface area contributed by atoms with Gasteiger partial charge in [0.25, 0.3) is 5.91 Å². The van der Waals surface area contributed by atoms with E-state index in [0.29, 0.717) is 5.69 Å². The summed E-state index contributed by atoms with van der Waals surface area (Å²) >= 11 is 0. The number of rotatable bonds is 5. The van der Waals surface area contributed by atoms with Crippen LogP contribution >= 0.6 is 0 Å². The second-order valence-electron chi connectivity index (χ2n) is 10.4. The van der Waals surface area contributed by atoms with Crippen LogP contribution in [-0.4, -0.2) is 34.2 Å². The molecule has 0 spiro atoms. The molecule has 2 aliphatic rings. The maximum Gasteiger partial charge on any atom is 0.357 e. The number of pyridine rings is 1. The number of amides is 1. The molecular weight excluding hydrogens is 524 g/mol. The Morgan fingerprint density at radius 1 is 0.833 bits per heavy atom. The van der Waals surface area contributed by atoms with Gasteiger partial charge in [0.2, 0.25) is 0 Å². The number of hydrogen-bond acceptors (Lipinski definition) is 5. The Morgan fingerprint density at radius 2 is 1.60 bits per heavy atom. The molecule has 0 bridgehead atoms. The van der Waals surface area contributed by atoms with Crippen molar-refractivity contribution in [1.29, 1.82) is 0 Å². The van der Waals surface area contributed by atoms with Gasteiger partial charge in [0, 0.05) is 30.3 Å². The molecule has 4 aromatic carbocycles. The monoisotopic (exact) mass is 550 g/mol. The van der Waals surface area contributed by atoms with Crippen molar-refractivity contribution in [2.24, 2.45) is 5.10 Å². The third-order valence-electron chi connectivity index (χ3n) is 7.76. The molecule has 1 N–H and O–H groups in total. The van der Waals surface area contributed by atoms with Crippen LogP contribution in [0.2, 0.25) is 0 Å². The number of carbonyl (C=O) groups excluding carboxylic acids is 1. The third kappa shape index (κ3) is 4.61. The Morgan fingerprint density at radius 3 is 2.38 bits per heavy atom. The average Bonchev–Trinajstić information content (AvgIpc) is 3.35. The molecular formula is C35H26N4O3. The molecule has 0 radical (unpaired) electrons. The lowest BCUT2D eigenvalue weighted by atomic mass is 9.97. The average molecular weight is 551 g/mol. The molecule has 0 fully saturated rings. The summed E-state index contributed by atoms with van der Waals surface area (Å²) in [5.74, 6) is -1.75. The molecule has 0 aliphatic carbocycles. The van der Waals surface area contributed by atoms with Crippen molar-refractivity contribution in [2.75, 3.05) is 16.5 Å². The lowest BCUT2D eigenvalue weighted by Crippen LogP contribution is -2.24. The number of aliphatic carboxylic acids is 1. The van der Waals surface area contributed by atoms with E-state index in [0.717, 1.165) is 30.0 Å². The van der Waals surface area contributed by atoms with Crippen LogP contribution in [0.5, 0.6) is 0 Å². The quantitative estimate of drug-likeness (QED) is 0.190. The molecule has 7 heteroatoms. The topological polar surface area (TPSA) is 86.1 Å². The van der Waals surface area contributed by atoms with E-state index in [1.54, 1.807) is 18.2 Å². The number of hydrogen-bond donors (Lipinski definition) is 1. The molecule has 7 rings (SSSR count). The van der Waals surface area contributed by atoms with Crippen molar-refractivity contribution in [3.63, 3.8) is 0 Å². The fourth-order valence-electron chi connectivity index (χ4n) is 5.72. The number of carboxylic acid groups (broad SMARTS) is 1. The molecule has 0 saturated heterocycles. The largest absolute Gasteiger partial charge is 0.476 e. The van der Waals surface area contributed by atoms with Crippen LogP contribution in [0.15, 0.2) is 120 Å². The van der Waals surface area contributed by atoms with Gasteiger partial charge >= 0.3 is 5.97 Å². The maximum absolute atomic E-state index is 13.0. The molecule has 0 unspecified atom stereocenters. The van der Waals surface area contributed by atoms with Gasteiger partial charge in [-0.25, -0.2) is 4.79 Å². The van der Waals surface area contributed by atoms with Gasteiger partial charge in [-0.05, 0) is 100 Å². The molecule has 0 saturated carbocycles. The fourth-order valence-corrected chi connectivity index (χ4v) is 5.72. The van der Waals surface area contributed by atoms with Crippen LogP contribution in [0.4, 0.5) is 17.1 Å². The van der Waals surface area contributed by atoms with E-state index >= 15 is 0 Å². The van der Waals surface area contributed by atoms with Crippen LogP contribution in [0.1, 0.15) is 17.5 Å². The number of fused-ring (bicyclic) bond motifs is 3. The SMILES string of the molecule is O=C(O)C1=NN(c2ccncc2)C(=O)/C1=C\C=C\c1ccc2c(c1)CCCN2c1ccc2cc3ccccc3cc2c1. The van der Waals surface area contributed by atoms with Crippen molar-refractivity contribution < 1.29 is 14.7 Å². The number of aryl methyl sites for hydroxylation is 1. The van der Waals surface area contributed by atoms with Gasteiger partial charge in [0.05, 0.1) is 11.3 Å². The summed E-state index contributed by atoms with van der Waals surface area (Å²) in [6.45, 7) is 0.945. The molecule has 0 atom stereocenters. The molecule has 7 nitrogen and oxygen atoms in total. The number of anilines is 3. The molecule has 5 aromatic rings. The number of allylic oxidation sites excluding steroid dienone is 2. The standard InChI is InChI=1S/C35H26N4O3/c40-34-31(33(35(41)42)37-39(34)29-14-16-36-17-15-29)9-3-5-23-10-13-32-27(19-23)8-4-18-38(32)30-12-11-26-20-24-6-1-2-7-25(24)21-28(26)22-30/h1-3,5-7,9-17,19-22H,4,8,18H2,(H,41,42)/b5-3+,31-9-. The summed E-state index contributed by atoms with van der Waals surface area (Å²) < 4.78 is 0. The van der Waals surface area contributed by atoms with Gasteiger partial charge in [0.15, 0.2) is 5.71 Å². The van der Waals surface area contributed by atoms with Crippen molar-refractivity contribution in [3.05, 3.63) is 126 Å². The Hall–Kier alpha value is -5.56. The van der Waals surface area contributed by atoms with Crippen LogP contribution in [0, 0.1) is 0 Å². The summed E-state index contributed by atoms with van der Waals surface area (Å²) in [5.41, 5.74) is 4.79. The number of carbonyl (C=O) groups is 2. The second-order valence-corrected chi connectivity index (χ2v) is 10.4. The van der Waals surface area contributed by atoms with Gasteiger partial charge in [0.1, 0.15) is 0 Å². The van der Waals surface area contributed by atoms with Crippen LogP contribution in [-0.2, 0) is 16.0 Å². The first-order chi connectivity index (χ1) is 20.5. The van der Waals surface area contributed by atoms with E-state index in [-0.39, 0.29) is 11.3 Å². The van der Waals surface area contributed by atoms with E-state index in [2.05, 4.69) is 81.7 Å². The molecule has 1 aromatic heterocycles. The Labute approximate surface area is 242 Å². The molecule has 42 heavy (non-hydrogen) atoms. The predicted octanol–water partition coefficient (Wildman–Crippen LogP) is 6.90. The highest BCUT2D eigenvalue weighted by Gasteiger charge is 2.34. The summed E-state index contributed by atoms with van der Waals surface area (Å²) in [5, 5.41) is 19.7. The van der Waals surface area contributed by atoms with E-state index in [4.69, 9.17) is 0 Å². The highest BCUT2D eigenvalue weighted by Crippen LogP contribution is 2.36. The van der Waals surface area contributed by atoms with Crippen molar-refractivity contribution >= 4 is 62.3 Å². The summed E-state index contributed by atoms with van der Waals surface area (Å²) in [4.78, 5) is 31.1. The lowest BCUT2D eigenvalue weighted by Gasteiger charge is -2.32. The zero-order chi connectivity index (χ0) is 28.6. The normalized spacial score (nSPS) is 16.0. The lowest BCUT2D eigenvalue weighted by molar-refractivity contribution is -0.129. The summed E-state index contributed by atoms with van der Waals surface area (Å²) in [6.07, 6.45) is 10.2. The predicted molar refractivity (Wildman–Crippen MR) is 167 cm³/mol. The van der Waals surface area contributed by atoms with Crippen molar-refractivity contribution in [3.8, 4) is 0 Å². The first kappa shape index (κ1) is 25.4. The van der Waals surface area contributed by atoms with Gasteiger partial charge in [-0.1, -0.05) is 48.6 Å². The number of hydrazone groups is 1. The zero-order valence-corrected chi connectivity index (χ0v) is 22.6. The number of aromatic nitrogens is 1. The highest BCUT2D eigenvalue weighted by atomic mass is 16.4. The number of benzene rings is 4. The van der Waals surface area contributed by atoms with E-state index in [1.807, 2.05) is 12.1 Å². The minimum Gasteiger partial charge on any atom is -0.476 e. The fraction of sp³-hybridized carbons (Fsp3) is 0.0857. The molecule has 2 aliphatic heterocycles. The summed E-state index contributed by atoms with van der Waals surface area (Å²) in [6, 6.07) is 29.2. The second kappa shape index (κ2) is 10.4. The highest BCUT2D eigenvalue weighted by molar-refractivity contribution is 6.52. The molecule has 1 amide bonds. The van der Waals surface area contributed by atoms with Crippen molar-refractivity contribution in [2.45, 2.75) is 12.8 Å². The van der Waals surface area contributed by atoms with Gasteiger partial charge < -0.3 is 10.0 Å². The number of carboxylic acids is 1. The van der Waals surface area contributed by atoms with Gasteiger partial charge in [-0.2, -0.15) is 10.1 Å². The van der Waals surface area contributed by atoms with Crippen LogP contribution in [0.25, 0.3) is 27.6 Å².